The predicted octanol–water partition coefficient (Wildman–Crippen LogP) is 6.75. The highest BCUT2D eigenvalue weighted by Gasteiger charge is 2.34. The number of imide groups is 1. The van der Waals surface area contributed by atoms with Crippen molar-refractivity contribution in [2.75, 3.05) is 23.8 Å². The molecule has 5 aromatic rings. The number of nitrogens with one attached hydrogen (secondary N) is 2. The maximum Gasteiger partial charge on any atom is 0.323 e. The van der Waals surface area contributed by atoms with Crippen LogP contribution in [0.5, 0.6) is 0 Å². The molecule has 8 nitrogen and oxygen atoms in total. The van der Waals surface area contributed by atoms with E-state index < -0.39 is 0 Å². The Kier molecular flexibility index (Phi) is 7.70. The van der Waals surface area contributed by atoms with Gasteiger partial charge in [0.2, 0.25) is 0 Å². The van der Waals surface area contributed by atoms with Crippen LogP contribution < -0.4 is 10.6 Å². The number of nitrogens with zero attached hydrogens (tertiary/aromatic N) is 2. The predicted molar refractivity (Wildman–Crippen MR) is 162 cm³/mol. The molecule has 42 heavy (non-hydrogen) atoms. The summed E-state index contributed by atoms with van der Waals surface area (Å²) in [4.78, 5) is 43.1. The average Bonchev–Trinajstić information content (AvgIpc) is 3.26. The van der Waals surface area contributed by atoms with Gasteiger partial charge in [-0.1, -0.05) is 54.6 Å². The number of rotatable bonds is 9. The third-order valence-electron chi connectivity index (χ3n) is 7.13. The molecule has 208 valence electrons. The molecular formula is C34H28N4O4. The Morgan fingerprint density at radius 1 is 0.738 bits per heavy atom. The van der Waals surface area contributed by atoms with Crippen molar-refractivity contribution in [3.63, 3.8) is 0 Å². The average molecular weight is 557 g/mol. The van der Waals surface area contributed by atoms with E-state index in [0.29, 0.717) is 43.0 Å². The molecule has 0 spiro atoms. The summed E-state index contributed by atoms with van der Waals surface area (Å²) in [5.74, 6) is -0.490. The molecule has 2 heterocycles. The molecule has 0 fully saturated rings. The largest absolute Gasteiger partial charge is 0.377 e. The van der Waals surface area contributed by atoms with Crippen molar-refractivity contribution >= 4 is 40.0 Å². The Bertz CT molecular complexity index is 1740. The number of hydrogen-bond donors (Lipinski definition) is 2. The number of carbonyl (C=O) groups excluding carboxylic acids is 3. The van der Waals surface area contributed by atoms with Crippen LogP contribution in [-0.2, 0) is 11.3 Å². The second-order valence-electron chi connectivity index (χ2n) is 9.98. The fourth-order valence-corrected chi connectivity index (χ4v) is 5.04. The van der Waals surface area contributed by atoms with Gasteiger partial charge < -0.3 is 15.4 Å². The number of para-hydroxylation sites is 1. The van der Waals surface area contributed by atoms with E-state index in [2.05, 4.69) is 21.7 Å². The lowest BCUT2D eigenvalue weighted by molar-refractivity contribution is 0.0619. The zero-order valence-electron chi connectivity index (χ0n) is 22.7. The third kappa shape index (κ3) is 5.75. The summed E-state index contributed by atoms with van der Waals surface area (Å²) in [5.41, 5.74) is 5.27. The smallest absolute Gasteiger partial charge is 0.323 e. The molecule has 0 aliphatic carbocycles. The topological polar surface area (TPSA) is 101 Å². The second kappa shape index (κ2) is 12.0. The molecular weight excluding hydrogens is 528 g/mol. The van der Waals surface area contributed by atoms with Crippen LogP contribution in [0.1, 0.15) is 32.7 Å². The van der Waals surface area contributed by atoms with Crippen LogP contribution in [-0.4, -0.2) is 40.9 Å². The van der Waals surface area contributed by atoms with E-state index in [4.69, 9.17) is 4.74 Å². The highest BCUT2D eigenvalue weighted by molar-refractivity contribution is 6.21. The summed E-state index contributed by atoms with van der Waals surface area (Å²) in [6.45, 7) is 1.14. The summed E-state index contributed by atoms with van der Waals surface area (Å²) in [5, 5.41) is 7.71. The molecule has 0 radical (unpaired) electrons. The number of aromatic nitrogens is 1. The summed E-state index contributed by atoms with van der Waals surface area (Å²) < 4.78 is 5.91. The molecule has 0 saturated heterocycles. The molecule has 0 unspecified atom stereocenters. The number of amides is 4. The van der Waals surface area contributed by atoms with E-state index in [-0.39, 0.29) is 17.8 Å². The van der Waals surface area contributed by atoms with Gasteiger partial charge in [0, 0.05) is 47.9 Å². The van der Waals surface area contributed by atoms with Gasteiger partial charge in [-0.25, -0.2) is 4.79 Å². The number of benzene rings is 4. The number of urea groups is 1. The molecule has 1 aliphatic rings. The van der Waals surface area contributed by atoms with E-state index in [1.807, 2.05) is 79.1 Å². The second-order valence-corrected chi connectivity index (χ2v) is 9.98. The molecule has 0 bridgehead atoms. The molecule has 4 aromatic carbocycles. The van der Waals surface area contributed by atoms with Gasteiger partial charge in [-0.15, -0.1) is 0 Å². The molecule has 0 saturated carbocycles. The first-order valence-corrected chi connectivity index (χ1v) is 13.7. The van der Waals surface area contributed by atoms with Gasteiger partial charge in [0.15, 0.2) is 0 Å². The van der Waals surface area contributed by atoms with Crippen molar-refractivity contribution in [3.05, 3.63) is 126 Å². The number of anilines is 2. The fourth-order valence-electron chi connectivity index (χ4n) is 5.04. The molecule has 0 atom stereocenters. The minimum Gasteiger partial charge on any atom is -0.377 e. The number of ether oxygens (including phenoxy) is 1. The van der Waals surface area contributed by atoms with E-state index >= 15 is 0 Å². The normalized spacial score (nSPS) is 12.4. The first-order valence-electron chi connectivity index (χ1n) is 13.7. The van der Waals surface area contributed by atoms with Crippen LogP contribution in [0.15, 0.2) is 109 Å². The zero-order valence-corrected chi connectivity index (χ0v) is 22.7. The van der Waals surface area contributed by atoms with E-state index in [1.165, 1.54) is 4.90 Å². The van der Waals surface area contributed by atoms with Crippen molar-refractivity contribution < 1.29 is 19.1 Å². The van der Waals surface area contributed by atoms with E-state index in [9.17, 15) is 14.4 Å². The minimum atomic E-state index is -0.311. The number of pyridine rings is 1. The summed E-state index contributed by atoms with van der Waals surface area (Å²) in [7, 11) is 0. The highest BCUT2D eigenvalue weighted by Crippen LogP contribution is 2.30. The Labute approximate surface area is 243 Å². The molecule has 1 aromatic heterocycles. The summed E-state index contributed by atoms with van der Waals surface area (Å²) in [6, 6.07) is 29.6. The van der Waals surface area contributed by atoms with Crippen LogP contribution in [0.2, 0.25) is 0 Å². The Morgan fingerprint density at radius 2 is 1.40 bits per heavy atom. The zero-order chi connectivity index (χ0) is 28.9. The minimum absolute atomic E-state index is 0.245. The van der Waals surface area contributed by atoms with Crippen molar-refractivity contribution in [1.82, 2.24) is 9.88 Å². The molecule has 8 heteroatoms. The van der Waals surface area contributed by atoms with Crippen molar-refractivity contribution in [2.24, 2.45) is 0 Å². The van der Waals surface area contributed by atoms with Crippen LogP contribution in [0.25, 0.3) is 21.9 Å². The van der Waals surface area contributed by atoms with Crippen molar-refractivity contribution in [1.29, 1.82) is 0 Å². The summed E-state index contributed by atoms with van der Waals surface area (Å²) >= 11 is 0. The van der Waals surface area contributed by atoms with Crippen LogP contribution in [0.3, 0.4) is 0 Å². The lowest BCUT2D eigenvalue weighted by atomic mass is 9.99. The van der Waals surface area contributed by atoms with Gasteiger partial charge in [-0.3, -0.25) is 19.5 Å². The van der Waals surface area contributed by atoms with Crippen LogP contribution in [0, 0.1) is 0 Å². The number of fused-ring (bicyclic) bond motifs is 2. The van der Waals surface area contributed by atoms with Crippen molar-refractivity contribution in [3.8, 4) is 11.1 Å². The third-order valence-corrected chi connectivity index (χ3v) is 7.13. The van der Waals surface area contributed by atoms with Gasteiger partial charge in [0.25, 0.3) is 11.8 Å². The Morgan fingerprint density at radius 3 is 2.12 bits per heavy atom. The lowest BCUT2D eigenvalue weighted by Gasteiger charge is -2.14. The van der Waals surface area contributed by atoms with E-state index in [0.717, 1.165) is 33.2 Å². The quantitative estimate of drug-likeness (QED) is 0.155. The van der Waals surface area contributed by atoms with Crippen LogP contribution in [0.4, 0.5) is 16.2 Å². The van der Waals surface area contributed by atoms with Crippen LogP contribution >= 0.6 is 0 Å². The van der Waals surface area contributed by atoms with Gasteiger partial charge in [-0.2, -0.15) is 0 Å². The van der Waals surface area contributed by atoms with Gasteiger partial charge in [0.1, 0.15) is 0 Å². The fraction of sp³-hybridized carbons (Fsp3) is 0.118. The monoisotopic (exact) mass is 556 g/mol. The SMILES string of the molecule is O=C(Nc1ccccc1)Nc1ccc(-c2cncc3ccc(COCCCN4C(=O)c5ccccc5C4=O)cc23)cc1. The summed E-state index contributed by atoms with van der Waals surface area (Å²) in [6.07, 6.45) is 4.22. The van der Waals surface area contributed by atoms with Crippen molar-refractivity contribution in [2.45, 2.75) is 13.0 Å². The Hall–Kier alpha value is -5.34. The molecule has 4 amide bonds. The lowest BCUT2D eigenvalue weighted by Crippen LogP contribution is -2.31. The highest BCUT2D eigenvalue weighted by atomic mass is 16.5. The number of carbonyl (C=O) groups is 3. The van der Waals surface area contributed by atoms with Gasteiger partial charge in [0.05, 0.1) is 17.7 Å². The maximum atomic E-state index is 12.5. The maximum absolute atomic E-state index is 12.5. The molecule has 6 rings (SSSR count). The standard InChI is InChI=1S/C34H28N4O4/c39-32-28-9-4-5-10-29(28)33(40)38(32)17-6-18-42-22-23-11-12-25-20-35-21-31(30(25)19-23)24-13-15-27(16-14-24)37-34(41)36-26-7-2-1-3-8-26/h1-5,7-16,19-21H,6,17-18,22H2,(H2,36,37,41). The molecule has 2 N–H and O–H groups in total. The first kappa shape index (κ1) is 26.9. The van der Waals surface area contributed by atoms with Gasteiger partial charge in [-0.05, 0) is 65.4 Å². The molecule has 1 aliphatic heterocycles. The number of hydrogen-bond acceptors (Lipinski definition) is 5. The van der Waals surface area contributed by atoms with E-state index in [1.54, 1.807) is 24.3 Å². The van der Waals surface area contributed by atoms with Gasteiger partial charge >= 0.3 is 6.03 Å². The Balaban J connectivity index is 1.06. The first-order chi connectivity index (χ1) is 20.6.